The highest BCUT2D eigenvalue weighted by Gasteiger charge is 2.11. The Kier molecular flexibility index (Phi) is 3.78. The molecule has 0 bridgehead atoms. The van der Waals surface area contributed by atoms with Gasteiger partial charge in [-0.05, 0) is 28.9 Å². The normalized spacial score (nSPS) is 21.1. The summed E-state index contributed by atoms with van der Waals surface area (Å²) in [6.45, 7) is 4.59. The van der Waals surface area contributed by atoms with Crippen LogP contribution < -0.4 is 0 Å². The first-order chi connectivity index (χ1) is 5.38. The molecule has 0 saturated heterocycles. The van der Waals surface area contributed by atoms with E-state index in [4.69, 9.17) is 0 Å². The second-order valence-electron chi connectivity index (χ2n) is 2.98. The first-order valence-corrected chi connectivity index (χ1v) is 6.05. The van der Waals surface area contributed by atoms with E-state index in [1.54, 1.807) is 0 Å². The van der Waals surface area contributed by atoms with E-state index in [0.29, 0.717) is 0 Å². The Morgan fingerprint density at radius 2 is 1.82 bits per heavy atom. The third kappa shape index (κ3) is 2.41. The predicted molar refractivity (Wildman–Crippen MR) is 56.3 cm³/mol. The zero-order valence-electron chi connectivity index (χ0n) is 7.46. The summed E-state index contributed by atoms with van der Waals surface area (Å²) in [5, 5.41) is 5.73. The molecular formula is C10H18S. The van der Waals surface area contributed by atoms with Gasteiger partial charge in [0.05, 0.1) is 0 Å². The van der Waals surface area contributed by atoms with E-state index in [2.05, 4.69) is 36.8 Å². The second kappa shape index (κ2) is 4.66. The van der Waals surface area contributed by atoms with Gasteiger partial charge in [0.1, 0.15) is 0 Å². The molecule has 1 unspecified atom stereocenters. The maximum Gasteiger partial charge on any atom is -0.00726 e. The average Bonchev–Trinajstić information content (AvgIpc) is 2.52. The zero-order chi connectivity index (χ0) is 8.10. The highest BCUT2D eigenvalue weighted by Crippen LogP contribution is 2.41. The predicted octanol–water partition coefficient (Wildman–Crippen LogP) is 3.61. The van der Waals surface area contributed by atoms with Gasteiger partial charge in [0.2, 0.25) is 0 Å². The summed E-state index contributed by atoms with van der Waals surface area (Å²) in [5.74, 6) is 0. The van der Waals surface area contributed by atoms with E-state index in [1.165, 1.54) is 19.3 Å². The van der Waals surface area contributed by atoms with E-state index < -0.39 is 0 Å². The van der Waals surface area contributed by atoms with Crippen molar-refractivity contribution in [1.82, 2.24) is 0 Å². The molecule has 0 spiro atoms. The fraction of sp³-hybridized carbons (Fsp3) is 0.600. The van der Waals surface area contributed by atoms with Crippen LogP contribution in [0.1, 0.15) is 33.1 Å². The lowest BCUT2D eigenvalue weighted by Gasteiger charge is -2.21. The number of hydrogen-bond acceptors (Lipinski definition) is 0. The molecule has 1 atom stereocenters. The van der Waals surface area contributed by atoms with Crippen LogP contribution in [-0.4, -0.2) is 5.25 Å². The van der Waals surface area contributed by atoms with Crippen LogP contribution in [0.4, 0.5) is 0 Å². The van der Waals surface area contributed by atoms with Gasteiger partial charge in [-0.25, -0.2) is 10.9 Å². The molecule has 1 aliphatic heterocycles. The van der Waals surface area contributed by atoms with Crippen LogP contribution in [0.25, 0.3) is 0 Å². The SMILES string of the molecule is CCCC(CC)[SH]1C=CC=C1. The van der Waals surface area contributed by atoms with Crippen LogP contribution in [0.2, 0.25) is 0 Å². The summed E-state index contributed by atoms with van der Waals surface area (Å²) >= 11 is 0. The molecule has 0 nitrogen and oxygen atoms in total. The number of rotatable bonds is 4. The standard InChI is InChI=1S/C10H18S/c1-3-7-10(4-2)11-8-5-6-9-11/h5-6,8-11H,3-4,7H2,1-2H3. The van der Waals surface area contributed by atoms with Crippen LogP contribution in [0.5, 0.6) is 0 Å². The number of hydrogen-bond donors (Lipinski definition) is 1. The summed E-state index contributed by atoms with van der Waals surface area (Å²) in [4.78, 5) is 0. The third-order valence-electron chi connectivity index (χ3n) is 2.14. The molecule has 0 aliphatic carbocycles. The lowest BCUT2D eigenvalue weighted by atomic mass is 10.2. The highest BCUT2D eigenvalue weighted by molar-refractivity contribution is 8.22. The molecule has 0 aromatic carbocycles. The van der Waals surface area contributed by atoms with E-state index >= 15 is 0 Å². The molecule has 1 heterocycles. The Morgan fingerprint density at radius 1 is 1.18 bits per heavy atom. The van der Waals surface area contributed by atoms with Gasteiger partial charge in [0.25, 0.3) is 0 Å². The molecule has 0 fully saturated rings. The Balaban J connectivity index is 2.41. The minimum Gasteiger partial charge on any atom is -0.210 e. The summed E-state index contributed by atoms with van der Waals surface area (Å²) in [5.41, 5.74) is 0. The Morgan fingerprint density at radius 3 is 2.27 bits per heavy atom. The maximum absolute atomic E-state index is 2.39. The summed E-state index contributed by atoms with van der Waals surface area (Å²) in [7, 11) is 0.124. The summed E-state index contributed by atoms with van der Waals surface area (Å²) in [6, 6.07) is 0. The summed E-state index contributed by atoms with van der Waals surface area (Å²) < 4.78 is 0. The molecule has 1 rings (SSSR count). The quantitative estimate of drug-likeness (QED) is 0.612. The van der Waals surface area contributed by atoms with E-state index in [1.807, 2.05) is 0 Å². The van der Waals surface area contributed by atoms with Gasteiger partial charge in [-0.1, -0.05) is 32.4 Å². The van der Waals surface area contributed by atoms with E-state index in [-0.39, 0.29) is 10.9 Å². The molecule has 0 aromatic heterocycles. The number of allylic oxidation sites excluding steroid dienone is 2. The lowest BCUT2D eigenvalue weighted by molar-refractivity contribution is 0.719. The van der Waals surface area contributed by atoms with Crippen LogP contribution in [0, 0.1) is 0 Å². The maximum atomic E-state index is 2.39. The molecule has 0 saturated carbocycles. The number of thiol groups is 1. The molecule has 0 N–H and O–H groups in total. The molecule has 0 amide bonds. The Labute approximate surface area is 72.7 Å². The molecule has 64 valence electrons. The second-order valence-corrected chi connectivity index (χ2v) is 5.20. The molecule has 11 heavy (non-hydrogen) atoms. The summed E-state index contributed by atoms with van der Waals surface area (Å²) in [6.07, 6.45) is 8.47. The van der Waals surface area contributed by atoms with Crippen molar-refractivity contribution in [3.63, 3.8) is 0 Å². The Bertz CT molecular complexity index is 146. The fourth-order valence-electron chi connectivity index (χ4n) is 1.49. The van der Waals surface area contributed by atoms with Crippen molar-refractivity contribution < 1.29 is 0 Å². The van der Waals surface area contributed by atoms with Crippen molar-refractivity contribution in [2.24, 2.45) is 0 Å². The molecular weight excluding hydrogens is 152 g/mol. The fourth-order valence-corrected chi connectivity index (χ4v) is 3.65. The first-order valence-electron chi connectivity index (χ1n) is 4.51. The largest absolute Gasteiger partial charge is 0.210 e. The van der Waals surface area contributed by atoms with E-state index in [0.717, 1.165) is 5.25 Å². The van der Waals surface area contributed by atoms with Crippen molar-refractivity contribution in [2.75, 3.05) is 0 Å². The van der Waals surface area contributed by atoms with Crippen molar-refractivity contribution in [1.29, 1.82) is 0 Å². The highest BCUT2D eigenvalue weighted by atomic mass is 32.2. The smallest absolute Gasteiger partial charge is 0.00726 e. The van der Waals surface area contributed by atoms with Crippen molar-refractivity contribution in [2.45, 2.75) is 38.4 Å². The van der Waals surface area contributed by atoms with Crippen LogP contribution in [0.15, 0.2) is 23.0 Å². The average molecular weight is 170 g/mol. The minimum atomic E-state index is 0.124. The van der Waals surface area contributed by atoms with Crippen LogP contribution in [0.3, 0.4) is 0 Å². The van der Waals surface area contributed by atoms with Crippen LogP contribution in [-0.2, 0) is 0 Å². The first kappa shape index (κ1) is 8.92. The van der Waals surface area contributed by atoms with Gasteiger partial charge in [0, 0.05) is 0 Å². The molecule has 0 aromatic rings. The van der Waals surface area contributed by atoms with Gasteiger partial charge >= 0.3 is 0 Å². The van der Waals surface area contributed by atoms with E-state index in [9.17, 15) is 0 Å². The molecule has 1 aliphatic rings. The zero-order valence-corrected chi connectivity index (χ0v) is 8.35. The van der Waals surface area contributed by atoms with Crippen molar-refractivity contribution >= 4 is 10.9 Å². The van der Waals surface area contributed by atoms with Gasteiger partial charge in [-0.3, -0.25) is 0 Å². The monoisotopic (exact) mass is 170 g/mol. The van der Waals surface area contributed by atoms with Gasteiger partial charge in [-0.2, -0.15) is 0 Å². The van der Waals surface area contributed by atoms with Gasteiger partial charge in [0.15, 0.2) is 0 Å². The van der Waals surface area contributed by atoms with Crippen molar-refractivity contribution in [3.8, 4) is 0 Å². The minimum absolute atomic E-state index is 0.124. The van der Waals surface area contributed by atoms with Crippen LogP contribution >= 0.6 is 10.9 Å². The van der Waals surface area contributed by atoms with Crippen molar-refractivity contribution in [3.05, 3.63) is 23.0 Å². The van der Waals surface area contributed by atoms with Gasteiger partial charge < -0.3 is 0 Å². The third-order valence-corrected chi connectivity index (χ3v) is 4.64. The molecule has 1 heteroatoms. The topological polar surface area (TPSA) is 0 Å². The lowest BCUT2D eigenvalue weighted by Crippen LogP contribution is -2.02. The molecule has 0 radical (unpaired) electrons. The van der Waals surface area contributed by atoms with Gasteiger partial charge in [-0.15, -0.1) is 0 Å². The Hall–Kier alpha value is -0.170.